The Hall–Kier alpha value is -2.12. The van der Waals surface area contributed by atoms with Gasteiger partial charge in [-0.1, -0.05) is 66.7 Å². The third kappa shape index (κ3) is 2.89. The number of hydrogen-bond donors (Lipinski definition) is 1. The fraction of sp³-hybridized carbons (Fsp3) is 0.158. The van der Waals surface area contributed by atoms with Gasteiger partial charge in [-0.2, -0.15) is 0 Å². The van der Waals surface area contributed by atoms with Crippen LogP contribution in [0.4, 0.5) is 0 Å². The number of hydrogen-bond acceptors (Lipinski definition) is 1. The molecule has 3 rings (SSSR count). The van der Waals surface area contributed by atoms with Crippen LogP contribution in [0.5, 0.6) is 0 Å². The van der Waals surface area contributed by atoms with Crippen molar-refractivity contribution < 1.29 is 0 Å². The van der Waals surface area contributed by atoms with Crippen LogP contribution in [-0.2, 0) is 6.54 Å². The summed E-state index contributed by atoms with van der Waals surface area (Å²) < 4.78 is 0. The molecule has 0 saturated carbocycles. The molecular weight excluding hydrogens is 242 g/mol. The molecule has 20 heavy (non-hydrogen) atoms. The van der Waals surface area contributed by atoms with Crippen molar-refractivity contribution in [3.63, 3.8) is 0 Å². The van der Waals surface area contributed by atoms with Gasteiger partial charge in [0.2, 0.25) is 0 Å². The van der Waals surface area contributed by atoms with E-state index in [1.807, 2.05) is 0 Å². The lowest BCUT2D eigenvalue weighted by Crippen LogP contribution is -2.17. The second kappa shape index (κ2) is 5.89. The monoisotopic (exact) mass is 261 g/mol. The molecule has 0 fully saturated rings. The van der Waals surface area contributed by atoms with E-state index in [2.05, 4.69) is 85.0 Å². The van der Waals surface area contributed by atoms with Crippen molar-refractivity contribution in [3.05, 3.63) is 83.9 Å². The molecule has 0 spiro atoms. The molecule has 100 valence electrons. The van der Waals surface area contributed by atoms with Gasteiger partial charge in [0, 0.05) is 12.6 Å². The van der Waals surface area contributed by atoms with Crippen LogP contribution in [0.1, 0.15) is 24.1 Å². The number of fused-ring (bicyclic) bond motifs is 1. The summed E-state index contributed by atoms with van der Waals surface area (Å²) in [6.45, 7) is 3.11. The maximum absolute atomic E-state index is 3.58. The van der Waals surface area contributed by atoms with Crippen LogP contribution in [0.25, 0.3) is 10.8 Å². The summed E-state index contributed by atoms with van der Waals surface area (Å²) in [5, 5.41) is 6.18. The smallest absolute Gasteiger partial charge is 0.0295 e. The first-order valence-electron chi connectivity index (χ1n) is 7.09. The molecule has 3 aromatic carbocycles. The average Bonchev–Trinajstić information content (AvgIpc) is 2.53. The first kappa shape index (κ1) is 12.9. The molecule has 1 atom stereocenters. The Balaban J connectivity index is 1.73. The maximum atomic E-state index is 3.58. The quantitative estimate of drug-likeness (QED) is 0.718. The fourth-order valence-corrected chi connectivity index (χ4v) is 2.46. The largest absolute Gasteiger partial charge is 0.306 e. The molecule has 1 nitrogen and oxygen atoms in total. The zero-order valence-electron chi connectivity index (χ0n) is 11.7. The van der Waals surface area contributed by atoms with Crippen molar-refractivity contribution in [2.75, 3.05) is 0 Å². The van der Waals surface area contributed by atoms with Crippen molar-refractivity contribution >= 4 is 10.8 Å². The average molecular weight is 261 g/mol. The highest BCUT2D eigenvalue weighted by Crippen LogP contribution is 2.20. The van der Waals surface area contributed by atoms with Crippen molar-refractivity contribution in [2.45, 2.75) is 19.5 Å². The van der Waals surface area contributed by atoms with Crippen molar-refractivity contribution in [3.8, 4) is 0 Å². The van der Waals surface area contributed by atoms with E-state index < -0.39 is 0 Å². The topological polar surface area (TPSA) is 12.0 Å². The predicted molar refractivity (Wildman–Crippen MR) is 85.6 cm³/mol. The molecule has 3 aromatic rings. The molecule has 0 aliphatic carbocycles. The normalized spacial score (nSPS) is 12.4. The third-order valence-corrected chi connectivity index (χ3v) is 3.73. The summed E-state index contributed by atoms with van der Waals surface area (Å²) in [4.78, 5) is 0. The lowest BCUT2D eigenvalue weighted by atomic mass is 10.0. The molecular formula is C19H19N. The molecule has 1 unspecified atom stereocenters. The van der Waals surface area contributed by atoms with E-state index in [4.69, 9.17) is 0 Å². The van der Waals surface area contributed by atoms with E-state index in [1.165, 1.54) is 21.9 Å². The van der Waals surface area contributed by atoms with Gasteiger partial charge in [-0.15, -0.1) is 0 Å². The SMILES string of the molecule is CC(NCc1ccccc1)c1ccc2ccccc2c1. The number of nitrogens with one attached hydrogen (secondary N) is 1. The Kier molecular flexibility index (Phi) is 3.80. The minimum absolute atomic E-state index is 0.347. The molecule has 0 heterocycles. The van der Waals surface area contributed by atoms with Crippen molar-refractivity contribution in [2.24, 2.45) is 0 Å². The van der Waals surface area contributed by atoms with Gasteiger partial charge in [0.05, 0.1) is 0 Å². The van der Waals surface area contributed by atoms with Gasteiger partial charge >= 0.3 is 0 Å². The van der Waals surface area contributed by atoms with Crippen molar-refractivity contribution in [1.82, 2.24) is 5.32 Å². The lowest BCUT2D eigenvalue weighted by molar-refractivity contribution is 0.575. The highest BCUT2D eigenvalue weighted by molar-refractivity contribution is 5.83. The second-order valence-electron chi connectivity index (χ2n) is 5.19. The third-order valence-electron chi connectivity index (χ3n) is 3.73. The molecule has 0 aliphatic heterocycles. The summed E-state index contributed by atoms with van der Waals surface area (Å²) in [5.74, 6) is 0. The van der Waals surface area contributed by atoms with E-state index in [1.54, 1.807) is 0 Å². The number of rotatable bonds is 4. The summed E-state index contributed by atoms with van der Waals surface area (Å²) in [6, 6.07) is 26.1. The molecule has 1 N–H and O–H groups in total. The van der Waals surface area contributed by atoms with Crippen molar-refractivity contribution in [1.29, 1.82) is 0 Å². The second-order valence-corrected chi connectivity index (χ2v) is 5.19. The minimum atomic E-state index is 0.347. The van der Waals surface area contributed by atoms with E-state index >= 15 is 0 Å². The molecule has 0 saturated heterocycles. The zero-order chi connectivity index (χ0) is 13.8. The van der Waals surface area contributed by atoms with Crippen LogP contribution >= 0.6 is 0 Å². The van der Waals surface area contributed by atoms with Gasteiger partial charge in [0.1, 0.15) is 0 Å². The van der Waals surface area contributed by atoms with Crippen LogP contribution < -0.4 is 5.32 Å². The van der Waals surface area contributed by atoms with Crippen LogP contribution in [0.2, 0.25) is 0 Å². The van der Waals surface area contributed by atoms with Gasteiger partial charge in [-0.25, -0.2) is 0 Å². The van der Waals surface area contributed by atoms with E-state index in [-0.39, 0.29) is 0 Å². The minimum Gasteiger partial charge on any atom is -0.306 e. The van der Waals surface area contributed by atoms with Gasteiger partial charge < -0.3 is 5.32 Å². The van der Waals surface area contributed by atoms with Gasteiger partial charge in [0.15, 0.2) is 0 Å². The van der Waals surface area contributed by atoms with Gasteiger partial charge in [0.25, 0.3) is 0 Å². The van der Waals surface area contributed by atoms with Crippen LogP contribution in [0, 0.1) is 0 Å². The highest BCUT2D eigenvalue weighted by atomic mass is 14.9. The van der Waals surface area contributed by atoms with Gasteiger partial charge in [-0.05, 0) is 34.9 Å². The molecule has 0 bridgehead atoms. The highest BCUT2D eigenvalue weighted by Gasteiger charge is 2.05. The molecule has 0 aromatic heterocycles. The van der Waals surface area contributed by atoms with E-state index in [0.717, 1.165) is 6.54 Å². The standard InChI is InChI=1S/C19H19N/c1-15(20-14-16-7-3-2-4-8-16)18-12-11-17-9-5-6-10-19(17)13-18/h2-13,15,20H,14H2,1H3. The van der Waals surface area contributed by atoms with Crippen LogP contribution in [-0.4, -0.2) is 0 Å². The molecule has 1 heteroatoms. The zero-order valence-corrected chi connectivity index (χ0v) is 11.7. The summed E-state index contributed by atoms with van der Waals surface area (Å²) in [7, 11) is 0. The summed E-state index contributed by atoms with van der Waals surface area (Å²) >= 11 is 0. The Labute approximate surface area is 120 Å². The summed E-state index contributed by atoms with van der Waals surface area (Å²) in [5.41, 5.74) is 2.65. The first-order chi connectivity index (χ1) is 9.83. The Morgan fingerprint density at radius 3 is 2.30 bits per heavy atom. The summed E-state index contributed by atoms with van der Waals surface area (Å²) in [6.07, 6.45) is 0. The maximum Gasteiger partial charge on any atom is 0.0295 e. The Bertz CT molecular complexity index is 688. The Morgan fingerprint density at radius 1 is 0.800 bits per heavy atom. The number of benzene rings is 3. The van der Waals surface area contributed by atoms with E-state index in [0.29, 0.717) is 6.04 Å². The molecule has 0 amide bonds. The van der Waals surface area contributed by atoms with E-state index in [9.17, 15) is 0 Å². The van der Waals surface area contributed by atoms with Crippen LogP contribution in [0.3, 0.4) is 0 Å². The lowest BCUT2D eigenvalue weighted by Gasteiger charge is -2.15. The molecule has 0 aliphatic rings. The first-order valence-corrected chi connectivity index (χ1v) is 7.09. The molecule has 0 radical (unpaired) electrons. The van der Waals surface area contributed by atoms with Crippen LogP contribution in [0.15, 0.2) is 72.8 Å². The fourth-order valence-electron chi connectivity index (χ4n) is 2.46. The Morgan fingerprint density at radius 2 is 1.50 bits per heavy atom. The van der Waals surface area contributed by atoms with Gasteiger partial charge in [-0.3, -0.25) is 0 Å². The predicted octanol–water partition coefficient (Wildman–Crippen LogP) is 4.69.